The van der Waals surface area contributed by atoms with E-state index in [4.69, 9.17) is 14.5 Å². The van der Waals surface area contributed by atoms with Crippen molar-refractivity contribution in [3.8, 4) is 23.0 Å². The van der Waals surface area contributed by atoms with E-state index in [2.05, 4.69) is 35.3 Å². The molecule has 47 heavy (non-hydrogen) atoms. The van der Waals surface area contributed by atoms with Crippen LogP contribution >= 0.6 is 0 Å². The lowest BCUT2D eigenvalue weighted by molar-refractivity contribution is 0.304. The average molecular weight is 621 g/mol. The lowest BCUT2D eigenvalue weighted by Crippen LogP contribution is -2.14. The summed E-state index contributed by atoms with van der Waals surface area (Å²) >= 11 is 0. The largest absolute Gasteiger partial charge is 0.507 e. The summed E-state index contributed by atoms with van der Waals surface area (Å²) in [5.74, 6) is 1.34. The highest BCUT2D eigenvalue weighted by Gasteiger charge is 2.11. The van der Waals surface area contributed by atoms with Gasteiger partial charge in [0, 0.05) is 35.7 Å². The van der Waals surface area contributed by atoms with Crippen LogP contribution in [0, 0.1) is 0 Å². The Morgan fingerprint density at radius 1 is 0.574 bits per heavy atom. The number of aliphatic imine (C=N–C) groups is 2. The SMILES string of the molecule is Oc1cc(OCc2ccccc2)ccc1C=NC[C@H](Cc1cccc2ccccc12)N=Cc1ccc(OCc2ccccc2)cc1O. The number of benzene rings is 6. The van der Waals surface area contributed by atoms with Gasteiger partial charge in [-0.2, -0.15) is 0 Å². The van der Waals surface area contributed by atoms with Crippen LogP contribution in [-0.2, 0) is 19.6 Å². The van der Waals surface area contributed by atoms with Crippen molar-refractivity contribution in [3.63, 3.8) is 0 Å². The zero-order valence-corrected chi connectivity index (χ0v) is 25.9. The molecular weight excluding hydrogens is 584 g/mol. The number of ether oxygens (including phenoxy) is 2. The highest BCUT2D eigenvalue weighted by molar-refractivity contribution is 5.86. The van der Waals surface area contributed by atoms with Gasteiger partial charge in [0.25, 0.3) is 0 Å². The van der Waals surface area contributed by atoms with E-state index in [9.17, 15) is 10.2 Å². The normalized spacial score (nSPS) is 12.1. The molecule has 0 aliphatic rings. The molecule has 0 saturated carbocycles. The standard InChI is InChI=1S/C41H36N2O4/c44-40-23-37(46-28-30-10-3-1-4-11-30)20-18-34(40)25-42-27-36(22-33-16-9-15-32-14-7-8-17-39(32)33)43-26-35-19-21-38(24-41(35)45)47-29-31-12-5-2-6-13-31/h1-21,23-26,36,44-45H,22,27-29H2/t36-/m0/s1. The summed E-state index contributed by atoms with van der Waals surface area (Å²) in [6.45, 7) is 1.21. The van der Waals surface area contributed by atoms with Gasteiger partial charge in [0.2, 0.25) is 0 Å². The molecule has 6 heteroatoms. The quantitative estimate of drug-likeness (QED) is 0.127. The molecule has 0 radical (unpaired) electrons. The van der Waals surface area contributed by atoms with Crippen LogP contribution in [0.1, 0.15) is 27.8 Å². The number of rotatable bonds is 13. The van der Waals surface area contributed by atoms with E-state index in [1.165, 1.54) is 10.8 Å². The monoisotopic (exact) mass is 620 g/mol. The van der Waals surface area contributed by atoms with E-state index in [-0.39, 0.29) is 17.5 Å². The molecule has 0 fully saturated rings. The number of nitrogens with zero attached hydrogens (tertiary/aromatic N) is 2. The Hall–Kier alpha value is -5.88. The fourth-order valence-corrected chi connectivity index (χ4v) is 5.27. The summed E-state index contributed by atoms with van der Waals surface area (Å²) in [6, 6.07) is 44.6. The first-order valence-electron chi connectivity index (χ1n) is 15.6. The molecule has 6 rings (SSSR count). The zero-order valence-electron chi connectivity index (χ0n) is 25.9. The van der Waals surface area contributed by atoms with Gasteiger partial charge in [-0.1, -0.05) is 103 Å². The van der Waals surface area contributed by atoms with E-state index in [1.54, 1.807) is 36.7 Å². The second-order valence-corrected chi connectivity index (χ2v) is 11.3. The molecular formula is C41H36N2O4. The number of fused-ring (bicyclic) bond motifs is 1. The summed E-state index contributed by atoms with van der Waals surface area (Å²) in [7, 11) is 0. The molecule has 0 heterocycles. The lowest BCUT2D eigenvalue weighted by atomic mass is 9.99. The molecule has 0 aliphatic carbocycles. The van der Waals surface area contributed by atoms with Gasteiger partial charge in [-0.3, -0.25) is 9.98 Å². The van der Waals surface area contributed by atoms with Crippen LogP contribution in [0.25, 0.3) is 10.8 Å². The number of hydrogen-bond acceptors (Lipinski definition) is 6. The van der Waals surface area contributed by atoms with Gasteiger partial charge in [-0.05, 0) is 58.1 Å². The molecule has 0 saturated heterocycles. The summed E-state index contributed by atoms with van der Waals surface area (Å²) in [6.07, 6.45) is 4.00. The van der Waals surface area contributed by atoms with Gasteiger partial charge in [0.15, 0.2) is 0 Å². The minimum Gasteiger partial charge on any atom is -0.507 e. The van der Waals surface area contributed by atoms with Crippen molar-refractivity contribution >= 4 is 23.2 Å². The van der Waals surface area contributed by atoms with Crippen LogP contribution in [-0.4, -0.2) is 35.2 Å². The zero-order chi connectivity index (χ0) is 32.3. The summed E-state index contributed by atoms with van der Waals surface area (Å²) in [5.41, 5.74) is 4.45. The van der Waals surface area contributed by atoms with Crippen molar-refractivity contribution in [2.45, 2.75) is 25.7 Å². The second kappa shape index (κ2) is 15.4. The number of aromatic hydroxyl groups is 2. The third-order valence-electron chi connectivity index (χ3n) is 7.81. The minimum atomic E-state index is -0.221. The molecule has 6 aromatic carbocycles. The fourth-order valence-electron chi connectivity index (χ4n) is 5.27. The molecule has 0 aliphatic heterocycles. The Morgan fingerprint density at radius 2 is 1.13 bits per heavy atom. The molecule has 0 spiro atoms. The van der Waals surface area contributed by atoms with Crippen molar-refractivity contribution < 1.29 is 19.7 Å². The number of phenolic OH excluding ortho intramolecular Hbond substituents is 2. The van der Waals surface area contributed by atoms with Gasteiger partial charge in [0.1, 0.15) is 36.2 Å². The first-order valence-corrected chi connectivity index (χ1v) is 15.6. The Kier molecular flexibility index (Phi) is 10.2. The fraction of sp³-hybridized carbons (Fsp3) is 0.122. The first kappa shape index (κ1) is 31.1. The lowest BCUT2D eigenvalue weighted by Gasteiger charge is -2.13. The average Bonchev–Trinajstić information content (AvgIpc) is 3.11. The van der Waals surface area contributed by atoms with E-state index in [0.29, 0.717) is 48.8 Å². The summed E-state index contributed by atoms with van der Waals surface area (Å²) < 4.78 is 11.7. The van der Waals surface area contributed by atoms with Crippen molar-refractivity contribution in [1.82, 2.24) is 0 Å². The molecule has 0 amide bonds. The van der Waals surface area contributed by atoms with E-state index in [0.717, 1.165) is 16.7 Å². The topological polar surface area (TPSA) is 83.6 Å². The third-order valence-corrected chi connectivity index (χ3v) is 7.81. The van der Waals surface area contributed by atoms with Crippen molar-refractivity contribution in [2.75, 3.05) is 6.54 Å². The molecule has 0 aromatic heterocycles. The summed E-state index contributed by atoms with van der Waals surface area (Å²) in [4.78, 5) is 9.56. The van der Waals surface area contributed by atoms with Crippen LogP contribution in [0.15, 0.2) is 150 Å². The van der Waals surface area contributed by atoms with Crippen molar-refractivity contribution in [1.29, 1.82) is 0 Å². The van der Waals surface area contributed by atoms with Crippen molar-refractivity contribution in [2.24, 2.45) is 9.98 Å². The van der Waals surface area contributed by atoms with E-state index >= 15 is 0 Å². The number of hydrogen-bond donors (Lipinski definition) is 2. The maximum Gasteiger partial charge on any atom is 0.128 e. The van der Waals surface area contributed by atoms with Crippen LogP contribution < -0.4 is 9.47 Å². The highest BCUT2D eigenvalue weighted by atomic mass is 16.5. The van der Waals surface area contributed by atoms with Crippen LogP contribution in [0.4, 0.5) is 0 Å². The Bertz CT molecular complexity index is 1970. The van der Waals surface area contributed by atoms with Gasteiger partial charge in [-0.25, -0.2) is 0 Å². The molecule has 2 N–H and O–H groups in total. The maximum atomic E-state index is 10.8. The molecule has 6 aromatic rings. The minimum absolute atomic E-state index is 0.0891. The first-order chi connectivity index (χ1) is 23.1. The van der Waals surface area contributed by atoms with Gasteiger partial charge in [-0.15, -0.1) is 0 Å². The third kappa shape index (κ3) is 8.65. The van der Waals surface area contributed by atoms with Crippen LogP contribution in [0.2, 0.25) is 0 Å². The Morgan fingerprint density at radius 3 is 1.74 bits per heavy atom. The molecule has 6 nitrogen and oxygen atoms in total. The maximum absolute atomic E-state index is 10.8. The van der Waals surface area contributed by atoms with E-state index in [1.807, 2.05) is 84.9 Å². The van der Waals surface area contributed by atoms with Crippen molar-refractivity contribution in [3.05, 3.63) is 167 Å². The highest BCUT2D eigenvalue weighted by Crippen LogP contribution is 2.26. The Balaban J connectivity index is 1.16. The number of phenols is 2. The predicted molar refractivity (Wildman–Crippen MR) is 189 cm³/mol. The Labute approximate surface area is 275 Å². The van der Waals surface area contributed by atoms with Crippen LogP contribution in [0.5, 0.6) is 23.0 Å². The molecule has 0 unspecified atom stereocenters. The van der Waals surface area contributed by atoms with Gasteiger partial charge >= 0.3 is 0 Å². The van der Waals surface area contributed by atoms with E-state index < -0.39 is 0 Å². The molecule has 1 atom stereocenters. The summed E-state index contributed by atoms with van der Waals surface area (Å²) in [5, 5.41) is 23.8. The van der Waals surface area contributed by atoms with Crippen LogP contribution in [0.3, 0.4) is 0 Å². The second-order valence-electron chi connectivity index (χ2n) is 11.3. The van der Waals surface area contributed by atoms with Gasteiger partial charge < -0.3 is 19.7 Å². The molecule has 0 bridgehead atoms. The van der Waals surface area contributed by atoms with Gasteiger partial charge in [0.05, 0.1) is 12.6 Å². The molecule has 234 valence electrons. The smallest absolute Gasteiger partial charge is 0.128 e. The predicted octanol–water partition coefficient (Wildman–Crippen LogP) is 8.56.